The van der Waals surface area contributed by atoms with Crippen molar-refractivity contribution in [2.24, 2.45) is 0 Å². The Hall–Kier alpha value is -2.82. The van der Waals surface area contributed by atoms with E-state index in [0.717, 1.165) is 17.9 Å². The number of hydrogen-bond donors (Lipinski definition) is 4. The van der Waals surface area contributed by atoms with Crippen LogP contribution < -0.4 is 15.8 Å². The van der Waals surface area contributed by atoms with E-state index in [4.69, 9.17) is 29.8 Å². The van der Waals surface area contributed by atoms with Crippen molar-refractivity contribution in [3.05, 3.63) is 61.2 Å². The molecule has 4 N–H and O–H groups in total. The maximum atomic E-state index is 15.5. The number of phosphoric ester groups is 1. The summed E-state index contributed by atoms with van der Waals surface area (Å²) < 4.78 is 51.5. The highest BCUT2D eigenvalue weighted by Crippen LogP contribution is 2.59. The molecule has 12 nitrogen and oxygen atoms in total. The van der Waals surface area contributed by atoms with Crippen LogP contribution in [0.2, 0.25) is 0 Å². The Morgan fingerprint density at radius 2 is 1.73 bits per heavy atom. The van der Waals surface area contributed by atoms with E-state index < -0.39 is 60.6 Å². The highest BCUT2D eigenvalue weighted by Gasteiger charge is 2.52. The highest BCUT2D eigenvalue weighted by atomic mass is 31.2. The number of halogens is 1. The lowest BCUT2D eigenvalue weighted by Gasteiger charge is -2.36. The summed E-state index contributed by atoms with van der Waals surface area (Å²) >= 11 is 0. The van der Waals surface area contributed by atoms with Gasteiger partial charge in [-0.1, -0.05) is 47.5 Å². The van der Waals surface area contributed by atoms with Gasteiger partial charge in [-0.05, 0) is 35.3 Å². The van der Waals surface area contributed by atoms with Gasteiger partial charge in [0.1, 0.15) is 29.5 Å². The van der Waals surface area contributed by atoms with Gasteiger partial charge in [-0.3, -0.25) is 18.9 Å². The van der Waals surface area contributed by atoms with Gasteiger partial charge in [-0.15, -0.1) is 6.42 Å². The lowest BCUT2D eigenvalue weighted by Crippen LogP contribution is -2.45. The second kappa shape index (κ2) is 11.5. The number of aromatic nitrogens is 2. The van der Waals surface area contributed by atoms with Crippen LogP contribution in [0.15, 0.2) is 21.9 Å². The van der Waals surface area contributed by atoms with Gasteiger partial charge in [-0.2, -0.15) is 0 Å². The van der Waals surface area contributed by atoms with Crippen LogP contribution >= 0.6 is 7.82 Å². The fraction of sp³-hybridized carbons (Fsp3) is 0.556. The third-order valence-electron chi connectivity index (χ3n) is 6.59. The molecule has 1 aromatic carbocycles. The van der Waals surface area contributed by atoms with E-state index in [1.54, 1.807) is 6.07 Å². The fourth-order valence-corrected chi connectivity index (χ4v) is 5.80. The van der Waals surface area contributed by atoms with Crippen LogP contribution in [0.4, 0.5) is 4.39 Å². The summed E-state index contributed by atoms with van der Waals surface area (Å²) in [6.07, 6.45) is 3.90. The molecule has 0 saturated carbocycles. The zero-order valence-corrected chi connectivity index (χ0v) is 24.9. The number of terminal acetylenes is 1. The molecule has 1 saturated heterocycles. The average molecular weight is 599 g/mol. The molecule has 1 aromatic heterocycles. The third-order valence-corrected chi connectivity index (χ3v) is 7.94. The number of rotatable bonds is 4. The smallest absolute Gasteiger partial charge is 0.403 e. The standard InChI is InChI=1S/C26H32FN2O9P.CH4O/c1-8-14-12-29(23(31)28-22(14)30)19-10-9-18(36-19)26(32,33)38-39(34)35-13-15-20(27)16(24(2,3)4)11-17(21(15)37-39)25(5,6)7;1-2/h1,11-12,18-19,32-33H,9-10,13H2,2-7H3,(H,28,30,31);2H,1H3. The van der Waals surface area contributed by atoms with Gasteiger partial charge in [0.25, 0.3) is 5.56 Å². The number of aliphatic hydroxyl groups is 3. The number of nitrogens with one attached hydrogen (secondary N) is 1. The van der Waals surface area contributed by atoms with Gasteiger partial charge in [0, 0.05) is 18.9 Å². The maximum absolute atomic E-state index is 15.5. The molecule has 2 aromatic rings. The first-order chi connectivity index (χ1) is 18.9. The molecule has 0 radical (unpaired) electrons. The van der Waals surface area contributed by atoms with Crippen molar-refractivity contribution in [1.29, 1.82) is 0 Å². The summed E-state index contributed by atoms with van der Waals surface area (Å²) in [6.45, 7) is 10.7. The van der Waals surface area contributed by atoms with E-state index in [1.807, 2.05) is 41.5 Å². The average Bonchev–Trinajstić information content (AvgIpc) is 3.34. The molecule has 0 aliphatic carbocycles. The highest BCUT2D eigenvalue weighted by molar-refractivity contribution is 7.49. The van der Waals surface area contributed by atoms with Gasteiger partial charge >= 0.3 is 19.5 Å². The zero-order chi connectivity index (χ0) is 31.1. The Labute approximate surface area is 236 Å². The molecule has 0 spiro atoms. The molecule has 3 heterocycles. The number of benzene rings is 1. The summed E-state index contributed by atoms with van der Waals surface area (Å²) in [5.41, 5.74) is -1.81. The number of phosphoric acid groups is 1. The zero-order valence-electron chi connectivity index (χ0n) is 24.0. The van der Waals surface area contributed by atoms with Crippen LogP contribution in [-0.4, -0.2) is 44.1 Å². The Kier molecular flexibility index (Phi) is 9.13. The minimum Gasteiger partial charge on any atom is -0.403 e. The Morgan fingerprint density at radius 1 is 1.12 bits per heavy atom. The molecule has 1 fully saturated rings. The molecule has 0 amide bonds. The van der Waals surface area contributed by atoms with E-state index in [9.17, 15) is 24.4 Å². The molecule has 14 heteroatoms. The quantitative estimate of drug-likeness (QED) is 0.233. The molecular weight excluding hydrogens is 562 g/mol. The number of aliphatic hydroxyl groups excluding tert-OH is 1. The second-order valence-electron chi connectivity index (χ2n) is 11.7. The lowest BCUT2D eigenvalue weighted by atomic mass is 9.78. The molecule has 2 aliphatic heterocycles. The SMILES string of the molecule is C#Cc1cn(C2CCC(C(O)(O)OP3(=O)OCc4c(F)c(C(C)(C)C)cc(C(C)(C)C)c4O3)O2)c(=O)[nH]c1=O.CO. The number of fused-ring (bicyclic) bond motifs is 1. The van der Waals surface area contributed by atoms with Crippen molar-refractivity contribution >= 4 is 7.82 Å². The predicted octanol–water partition coefficient (Wildman–Crippen LogP) is 2.91. The van der Waals surface area contributed by atoms with E-state index in [-0.39, 0.29) is 29.7 Å². The van der Waals surface area contributed by atoms with E-state index >= 15 is 4.39 Å². The van der Waals surface area contributed by atoms with Crippen LogP contribution in [0.1, 0.15) is 82.9 Å². The third kappa shape index (κ3) is 6.65. The largest absolute Gasteiger partial charge is 0.534 e. The minimum atomic E-state index is -4.70. The van der Waals surface area contributed by atoms with Gasteiger partial charge in [0.15, 0.2) is 0 Å². The van der Waals surface area contributed by atoms with E-state index in [0.29, 0.717) is 11.1 Å². The van der Waals surface area contributed by atoms with Crippen molar-refractivity contribution in [2.45, 2.75) is 90.1 Å². The molecule has 3 unspecified atom stereocenters. The molecule has 0 bridgehead atoms. The summed E-state index contributed by atoms with van der Waals surface area (Å²) in [7, 11) is -3.70. The fourth-order valence-electron chi connectivity index (χ4n) is 4.49. The lowest BCUT2D eigenvalue weighted by molar-refractivity contribution is -0.349. The first kappa shape index (κ1) is 32.7. The molecule has 41 heavy (non-hydrogen) atoms. The summed E-state index contributed by atoms with van der Waals surface area (Å²) in [6, 6.07) is 1.64. The minimum absolute atomic E-state index is 0.0443. The number of nitrogens with zero attached hydrogens (tertiary/aromatic N) is 1. The van der Waals surface area contributed by atoms with Crippen LogP contribution in [-0.2, 0) is 35.8 Å². The number of H-pyrrole nitrogens is 1. The van der Waals surface area contributed by atoms with Crippen LogP contribution in [0.5, 0.6) is 5.75 Å². The van der Waals surface area contributed by atoms with E-state index in [2.05, 4.69) is 10.9 Å². The monoisotopic (exact) mass is 598 g/mol. The van der Waals surface area contributed by atoms with Crippen molar-refractivity contribution in [3.8, 4) is 18.1 Å². The number of aromatic amines is 1. The summed E-state index contributed by atoms with van der Waals surface area (Å²) in [5.74, 6) is -1.66. The molecule has 4 rings (SSSR count). The molecular formula is C27H36FN2O10P. The number of hydrogen-bond acceptors (Lipinski definition) is 10. The Balaban J connectivity index is 0.00000226. The van der Waals surface area contributed by atoms with Gasteiger partial charge in [-0.25, -0.2) is 18.3 Å². The molecule has 3 atom stereocenters. The van der Waals surface area contributed by atoms with E-state index in [1.165, 1.54) is 0 Å². The first-order valence-corrected chi connectivity index (χ1v) is 14.2. The normalized spacial score (nSPS) is 22.7. The summed E-state index contributed by atoms with van der Waals surface area (Å²) in [4.78, 5) is 26.1. The summed E-state index contributed by atoms with van der Waals surface area (Å²) in [5, 5.41) is 28.4. The van der Waals surface area contributed by atoms with Crippen molar-refractivity contribution in [3.63, 3.8) is 0 Å². The first-order valence-electron chi connectivity index (χ1n) is 12.7. The van der Waals surface area contributed by atoms with Crippen LogP contribution in [0.25, 0.3) is 0 Å². The van der Waals surface area contributed by atoms with Crippen LogP contribution in [0.3, 0.4) is 0 Å². The van der Waals surface area contributed by atoms with Gasteiger partial charge < -0.3 is 24.6 Å². The Bertz CT molecular complexity index is 1510. The van der Waals surface area contributed by atoms with Crippen molar-refractivity contribution in [2.75, 3.05) is 7.11 Å². The molecule has 226 valence electrons. The van der Waals surface area contributed by atoms with Gasteiger partial charge in [0.05, 0.1) is 12.2 Å². The second-order valence-corrected chi connectivity index (χ2v) is 13.2. The van der Waals surface area contributed by atoms with Gasteiger partial charge in [0.2, 0.25) is 0 Å². The Morgan fingerprint density at radius 3 is 2.29 bits per heavy atom. The predicted molar refractivity (Wildman–Crippen MR) is 146 cm³/mol. The molecule has 2 aliphatic rings. The number of ether oxygens (including phenoxy) is 1. The van der Waals surface area contributed by atoms with Crippen molar-refractivity contribution in [1.82, 2.24) is 9.55 Å². The van der Waals surface area contributed by atoms with Crippen LogP contribution in [0, 0.1) is 18.2 Å². The van der Waals surface area contributed by atoms with Crippen molar-refractivity contribution < 1.29 is 42.6 Å². The topological polar surface area (TPSA) is 170 Å². The maximum Gasteiger partial charge on any atom is 0.534 e.